The molecule has 0 unspecified atom stereocenters. The maximum absolute atomic E-state index is 11.9. The summed E-state index contributed by atoms with van der Waals surface area (Å²) in [5.41, 5.74) is 0.723. The average Bonchev–Trinajstić information content (AvgIpc) is 3.21. The molecule has 2 aromatic rings. The summed E-state index contributed by atoms with van der Waals surface area (Å²) in [5.74, 6) is 0.235. The first kappa shape index (κ1) is 20.4. The van der Waals surface area contributed by atoms with Gasteiger partial charge in [-0.25, -0.2) is 4.79 Å². The summed E-state index contributed by atoms with van der Waals surface area (Å²) in [6, 6.07) is 3.55. The van der Waals surface area contributed by atoms with E-state index in [1.165, 1.54) is 17.8 Å². The van der Waals surface area contributed by atoms with Crippen molar-refractivity contribution in [1.82, 2.24) is 10.2 Å². The predicted molar refractivity (Wildman–Crippen MR) is 97.6 cm³/mol. The molecule has 0 spiro atoms. The van der Waals surface area contributed by atoms with Crippen molar-refractivity contribution in [3.05, 3.63) is 28.7 Å². The molecule has 2 heterocycles. The van der Waals surface area contributed by atoms with Crippen molar-refractivity contribution < 1.29 is 23.5 Å². The number of aryl methyl sites for hydroxylation is 1. The van der Waals surface area contributed by atoms with E-state index in [2.05, 4.69) is 21.6 Å². The molecule has 144 valence electrons. The molecule has 0 radical (unpaired) electrons. The minimum absolute atomic E-state index is 0.0929. The minimum atomic E-state index is -0.490. The summed E-state index contributed by atoms with van der Waals surface area (Å²) in [4.78, 5) is 23.7. The molecular weight excluding hydrogens is 372 g/mol. The largest absolute Gasteiger partial charge is 0.465 e. The van der Waals surface area contributed by atoms with Crippen LogP contribution in [0.15, 0.2) is 15.5 Å². The van der Waals surface area contributed by atoms with E-state index in [1.807, 2.05) is 6.26 Å². The van der Waals surface area contributed by atoms with E-state index < -0.39 is 11.9 Å². The minimum Gasteiger partial charge on any atom is -0.465 e. The maximum atomic E-state index is 11.9. The number of carbonyl (C=O) groups excluding carboxylic acids is 2. The van der Waals surface area contributed by atoms with Crippen LogP contribution in [0, 0.1) is 18.3 Å². The van der Waals surface area contributed by atoms with Gasteiger partial charge in [0, 0.05) is 0 Å². The number of esters is 2. The molecule has 0 aromatic carbocycles. The molecule has 0 aliphatic rings. The number of nitriles is 1. The molecule has 0 saturated carbocycles. The van der Waals surface area contributed by atoms with Crippen LogP contribution in [-0.2, 0) is 20.7 Å². The molecule has 2 aromatic heterocycles. The standard InChI is InChI=1S/C17H20N4O5S/c1-4-24-17(23)12-7-11(26-10(12)2)8-14(22)25-6-5-19-15-13(9-18)16(27-3)21-20-15/h7H,4-6,8H2,1-3H3,(H2,19,20,21). The number of aromatic amines is 1. The van der Waals surface area contributed by atoms with E-state index in [0.717, 1.165) is 0 Å². The van der Waals surface area contributed by atoms with Crippen molar-refractivity contribution in [2.75, 3.05) is 31.3 Å². The summed E-state index contributed by atoms with van der Waals surface area (Å²) in [7, 11) is 0. The number of ether oxygens (including phenoxy) is 2. The van der Waals surface area contributed by atoms with Gasteiger partial charge >= 0.3 is 11.9 Å². The molecule has 0 amide bonds. The Kier molecular flexibility index (Phi) is 7.31. The predicted octanol–water partition coefficient (Wildman–Crippen LogP) is 2.28. The molecule has 0 saturated heterocycles. The molecule has 0 fully saturated rings. The fraction of sp³-hybridized carbons (Fsp3) is 0.412. The van der Waals surface area contributed by atoms with Gasteiger partial charge in [-0.2, -0.15) is 10.4 Å². The first-order valence-corrected chi connectivity index (χ1v) is 9.41. The summed E-state index contributed by atoms with van der Waals surface area (Å²) in [6.45, 7) is 4.01. The monoisotopic (exact) mass is 392 g/mol. The first-order valence-electron chi connectivity index (χ1n) is 8.18. The second kappa shape index (κ2) is 9.68. The Hall–Kier alpha value is -2.93. The fourth-order valence-electron chi connectivity index (χ4n) is 2.28. The zero-order valence-electron chi connectivity index (χ0n) is 15.2. The van der Waals surface area contributed by atoms with Crippen LogP contribution in [0.2, 0.25) is 0 Å². The van der Waals surface area contributed by atoms with Gasteiger partial charge in [0.15, 0.2) is 0 Å². The Morgan fingerprint density at radius 3 is 2.89 bits per heavy atom. The number of anilines is 1. The summed E-state index contributed by atoms with van der Waals surface area (Å²) < 4.78 is 15.5. The molecular formula is C17H20N4O5S. The third-order valence-corrected chi connectivity index (χ3v) is 4.17. The number of carbonyl (C=O) groups is 2. The SMILES string of the molecule is CCOC(=O)c1cc(CC(=O)OCCNc2[nH]nc(SC)c2C#N)oc1C. The van der Waals surface area contributed by atoms with E-state index in [0.29, 0.717) is 40.0 Å². The summed E-state index contributed by atoms with van der Waals surface area (Å²) in [6.07, 6.45) is 1.73. The Bertz CT molecular complexity index is 852. The van der Waals surface area contributed by atoms with Crippen LogP contribution >= 0.6 is 11.8 Å². The number of hydrogen-bond donors (Lipinski definition) is 2. The van der Waals surface area contributed by atoms with Gasteiger partial charge in [0.2, 0.25) is 0 Å². The highest BCUT2D eigenvalue weighted by molar-refractivity contribution is 7.98. The highest BCUT2D eigenvalue weighted by Gasteiger charge is 2.18. The van der Waals surface area contributed by atoms with Gasteiger partial charge in [-0.3, -0.25) is 9.89 Å². The molecule has 10 heteroatoms. The summed E-state index contributed by atoms with van der Waals surface area (Å²) in [5, 5.41) is 19.4. The highest BCUT2D eigenvalue weighted by Crippen LogP contribution is 2.22. The van der Waals surface area contributed by atoms with Crippen LogP contribution in [0.3, 0.4) is 0 Å². The molecule has 0 bridgehead atoms. The smallest absolute Gasteiger partial charge is 0.341 e. The third kappa shape index (κ3) is 5.27. The van der Waals surface area contributed by atoms with E-state index in [-0.39, 0.29) is 19.6 Å². The molecule has 9 nitrogen and oxygen atoms in total. The van der Waals surface area contributed by atoms with Gasteiger partial charge < -0.3 is 19.2 Å². The van der Waals surface area contributed by atoms with Crippen LogP contribution in [0.4, 0.5) is 5.82 Å². The van der Waals surface area contributed by atoms with Crippen LogP contribution in [0.5, 0.6) is 0 Å². The highest BCUT2D eigenvalue weighted by atomic mass is 32.2. The van der Waals surface area contributed by atoms with Crippen LogP contribution < -0.4 is 5.32 Å². The Morgan fingerprint density at radius 2 is 2.22 bits per heavy atom. The number of rotatable bonds is 9. The molecule has 0 aliphatic carbocycles. The lowest BCUT2D eigenvalue weighted by atomic mass is 10.2. The number of nitrogens with one attached hydrogen (secondary N) is 2. The number of H-pyrrole nitrogens is 1. The Labute approximate surface area is 160 Å². The summed E-state index contributed by atoms with van der Waals surface area (Å²) >= 11 is 1.36. The maximum Gasteiger partial charge on any atom is 0.341 e. The van der Waals surface area contributed by atoms with Crippen LogP contribution in [0.1, 0.15) is 34.4 Å². The zero-order valence-corrected chi connectivity index (χ0v) is 16.1. The first-order chi connectivity index (χ1) is 13.0. The number of hydrogen-bond acceptors (Lipinski definition) is 9. The van der Waals surface area contributed by atoms with E-state index >= 15 is 0 Å². The second-order valence-corrected chi connectivity index (χ2v) is 6.12. The van der Waals surface area contributed by atoms with Crippen LogP contribution in [-0.4, -0.2) is 48.2 Å². The molecule has 27 heavy (non-hydrogen) atoms. The quantitative estimate of drug-likeness (QED) is 0.375. The fourth-order valence-corrected chi connectivity index (χ4v) is 2.77. The second-order valence-electron chi connectivity index (χ2n) is 5.32. The van der Waals surface area contributed by atoms with Gasteiger partial charge in [0.05, 0.1) is 13.2 Å². The van der Waals surface area contributed by atoms with Crippen molar-refractivity contribution in [2.24, 2.45) is 0 Å². The van der Waals surface area contributed by atoms with Crippen molar-refractivity contribution in [3.8, 4) is 6.07 Å². The molecule has 2 rings (SSSR count). The van der Waals surface area contributed by atoms with Crippen molar-refractivity contribution in [3.63, 3.8) is 0 Å². The number of aromatic nitrogens is 2. The van der Waals surface area contributed by atoms with Gasteiger partial charge in [0.1, 0.15) is 52.6 Å². The molecule has 2 N–H and O–H groups in total. The van der Waals surface area contributed by atoms with Crippen molar-refractivity contribution in [2.45, 2.75) is 25.3 Å². The van der Waals surface area contributed by atoms with Gasteiger partial charge in [-0.05, 0) is 26.2 Å². The van der Waals surface area contributed by atoms with Gasteiger partial charge in [-0.1, -0.05) is 0 Å². The Balaban J connectivity index is 1.80. The topological polar surface area (TPSA) is 130 Å². The molecule has 0 aliphatic heterocycles. The molecule has 0 atom stereocenters. The number of furan rings is 1. The zero-order chi connectivity index (χ0) is 19.8. The lowest BCUT2D eigenvalue weighted by Gasteiger charge is -2.05. The average molecular weight is 392 g/mol. The van der Waals surface area contributed by atoms with Crippen LogP contribution in [0.25, 0.3) is 0 Å². The van der Waals surface area contributed by atoms with E-state index in [4.69, 9.17) is 19.2 Å². The third-order valence-electron chi connectivity index (χ3n) is 3.49. The lowest BCUT2D eigenvalue weighted by Crippen LogP contribution is -2.15. The van der Waals surface area contributed by atoms with Gasteiger partial charge in [0.25, 0.3) is 0 Å². The van der Waals surface area contributed by atoms with Gasteiger partial charge in [-0.15, -0.1) is 11.8 Å². The van der Waals surface area contributed by atoms with Crippen molar-refractivity contribution >= 4 is 29.5 Å². The number of nitrogens with zero attached hydrogens (tertiary/aromatic N) is 2. The lowest BCUT2D eigenvalue weighted by molar-refractivity contribution is -0.142. The van der Waals surface area contributed by atoms with Crippen molar-refractivity contribution in [1.29, 1.82) is 5.26 Å². The van der Waals surface area contributed by atoms with E-state index in [9.17, 15) is 9.59 Å². The Morgan fingerprint density at radius 1 is 1.44 bits per heavy atom. The normalized spacial score (nSPS) is 10.3. The number of thioether (sulfide) groups is 1. The van der Waals surface area contributed by atoms with E-state index in [1.54, 1.807) is 13.8 Å².